The molecular formula is C9H15NO4. The summed E-state index contributed by atoms with van der Waals surface area (Å²) >= 11 is 0. The zero-order valence-electron chi connectivity index (χ0n) is 8.65. The Morgan fingerprint density at radius 2 is 2.14 bits per heavy atom. The minimum Gasteiger partial charge on any atom is -0.458 e. The summed E-state index contributed by atoms with van der Waals surface area (Å²) in [6.07, 6.45) is 1.80. The van der Waals surface area contributed by atoms with Crippen LogP contribution < -0.4 is 0 Å². The maximum atomic E-state index is 11.1. The smallest absolute Gasteiger partial charge is 0.409 e. The molecule has 0 bridgehead atoms. The van der Waals surface area contributed by atoms with Crippen LogP contribution in [0.3, 0.4) is 0 Å². The first-order chi connectivity index (χ1) is 6.49. The highest BCUT2D eigenvalue weighted by Gasteiger charge is 2.22. The number of nitro groups is 1. The number of rotatable bonds is 5. The van der Waals surface area contributed by atoms with Crippen molar-refractivity contribution < 1.29 is 14.5 Å². The van der Waals surface area contributed by atoms with E-state index in [1.807, 2.05) is 13.8 Å². The second-order valence-corrected chi connectivity index (χ2v) is 3.20. The predicted octanol–water partition coefficient (Wildman–Crippen LogP) is 1.76. The van der Waals surface area contributed by atoms with E-state index in [4.69, 9.17) is 0 Å². The minimum atomic E-state index is -0.863. The van der Waals surface area contributed by atoms with Gasteiger partial charge in [-0.25, -0.2) is 4.79 Å². The highest BCUT2D eigenvalue weighted by atomic mass is 16.6. The Balaban J connectivity index is 4.51. The third-order valence-electron chi connectivity index (χ3n) is 1.46. The largest absolute Gasteiger partial charge is 0.458 e. The van der Waals surface area contributed by atoms with Gasteiger partial charge in [0.15, 0.2) is 0 Å². The molecule has 0 spiro atoms. The van der Waals surface area contributed by atoms with Gasteiger partial charge in [0.25, 0.3) is 0 Å². The van der Waals surface area contributed by atoms with Crippen molar-refractivity contribution in [3.63, 3.8) is 0 Å². The maximum absolute atomic E-state index is 11.1. The van der Waals surface area contributed by atoms with Crippen molar-refractivity contribution in [2.24, 2.45) is 5.92 Å². The van der Waals surface area contributed by atoms with E-state index in [0.717, 1.165) is 0 Å². The van der Waals surface area contributed by atoms with Gasteiger partial charge in [-0.05, 0) is 19.3 Å². The van der Waals surface area contributed by atoms with Crippen LogP contribution in [0.15, 0.2) is 11.8 Å². The number of hydrogen-bond acceptors (Lipinski definition) is 4. The molecular weight excluding hydrogens is 186 g/mol. The number of hydrogen-bond donors (Lipinski definition) is 0. The van der Waals surface area contributed by atoms with E-state index in [0.29, 0.717) is 6.42 Å². The molecule has 80 valence electrons. The molecule has 0 amide bonds. The van der Waals surface area contributed by atoms with Crippen molar-refractivity contribution in [3.8, 4) is 0 Å². The lowest BCUT2D eigenvalue weighted by Gasteiger charge is -2.00. The van der Waals surface area contributed by atoms with Gasteiger partial charge >= 0.3 is 11.7 Å². The monoisotopic (exact) mass is 201 g/mol. The highest BCUT2D eigenvalue weighted by Crippen LogP contribution is 2.06. The third kappa shape index (κ3) is 4.59. The number of ether oxygens (including phenoxy) is 1. The van der Waals surface area contributed by atoms with Gasteiger partial charge in [-0.15, -0.1) is 0 Å². The summed E-state index contributed by atoms with van der Waals surface area (Å²) in [5.41, 5.74) is -0.472. The Bertz CT molecular complexity index is 245. The van der Waals surface area contributed by atoms with Crippen LogP contribution in [0.4, 0.5) is 0 Å². The van der Waals surface area contributed by atoms with Crippen LogP contribution in [0.5, 0.6) is 0 Å². The maximum Gasteiger partial charge on any atom is 0.409 e. The molecule has 0 aliphatic heterocycles. The Hall–Kier alpha value is -1.39. The molecule has 0 aromatic heterocycles. The van der Waals surface area contributed by atoms with E-state index >= 15 is 0 Å². The topological polar surface area (TPSA) is 69.4 Å². The SMILES string of the molecule is CCOC(=O)/C(=C/CC(C)C)[N+](=O)[O-]. The number of allylic oxidation sites excluding steroid dienone is 1. The standard InChI is InChI=1S/C9H15NO4/c1-4-14-9(11)8(10(12)13)6-5-7(2)3/h6-7H,4-5H2,1-3H3/b8-6-. The van der Waals surface area contributed by atoms with Crippen LogP contribution in [0, 0.1) is 16.0 Å². The van der Waals surface area contributed by atoms with Crippen LogP contribution in [-0.4, -0.2) is 17.5 Å². The molecule has 14 heavy (non-hydrogen) atoms. The molecule has 0 saturated carbocycles. The van der Waals surface area contributed by atoms with Gasteiger partial charge in [0.2, 0.25) is 0 Å². The quantitative estimate of drug-likeness (QED) is 0.294. The lowest BCUT2D eigenvalue weighted by Crippen LogP contribution is -2.14. The van der Waals surface area contributed by atoms with Gasteiger partial charge < -0.3 is 4.74 Å². The van der Waals surface area contributed by atoms with Crippen LogP contribution in [0.25, 0.3) is 0 Å². The van der Waals surface area contributed by atoms with Gasteiger partial charge in [-0.3, -0.25) is 10.1 Å². The third-order valence-corrected chi connectivity index (χ3v) is 1.46. The number of esters is 1. The summed E-state index contributed by atoms with van der Waals surface area (Å²) in [7, 11) is 0. The average Bonchev–Trinajstić information content (AvgIpc) is 2.03. The molecule has 5 nitrogen and oxygen atoms in total. The second-order valence-electron chi connectivity index (χ2n) is 3.20. The van der Waals surface area contributed by atoms with Gasteiger partial charge in [0, 0.05) is 6.08 Å². The zero-order chi connectivity index (χ0) is 11.1. The van der Waals surface area contributed by atoms with E-state index in [-0.39, 0.29) is 12.5 Å². The Labute approximate surface area is 82.9 Å². The zero-order valence-corrected chi connectivity index (χ0v) is 8.65. The molecule has 0 aromatic carbocycles. The molecule has 0 fully saturated rings. The molecule has 0 N–H and O–H groups in total. The highest BCUT2D eigenvalue weighted by molar-refractivity contribution is 5.85. The molecule has 0 rings (SSSR count). The fraction of sp³-hybridized carbons (Fsp3) is 0.667. The molecule has 5 heteroatoms. The van der Waals surface area contributed by atoms with Crippen molar-refractivity contribution in [1.29, 1.82) is 0 Å². The van der Waals surface area contributed by atoms with Crippen molar-refractivity contribution in [2.75, 3.05) is 6.61 Å². The molecule has 0 aromatic rings. The summed E-state index contributed by atoms with van der Waals surface area (Å²) in [6, 6.07) is 0. The van der Waals surface area contributed by atoms with E-state index in [2.05, 4.69) is 4.74 Å². The molecule has 0 radical (unpaired) electrons. The molecule has 0 atom stereocenters. The van der Waals surface area contributed by atoms with E-state index in [1.165, 1.54) is 6.08 Å². The Kier molecular flexibility index (Phi) is 5.52. The lowest BCUT2D eigenvalue weighted by atomic mass is 10.1. The average molecular weight is 201 g/mol. The number of carbonyl (C=O) groups excluding carboxylic acids is 1. The second kappa shape index (κ2) is 6.12. The van der Waals surface area contributed by atoms with Gasteiger partial charge in [-0.2, -0.15) is 0 Å². The van der Waals surface area contributed by atoms with Gasteiger partial charge in [0.05, 0.1) is 11.5 Å². The molecule has 0 unspecified atom stereocenters. The molecule has 0 saturated heterocycles. The van der Waals surface area contributed by atoms with Crippen molar-refractivity contribution in [1.82, 2.24) is 0 Å². The van der Waals surface area contributed by atoms with Gasteiger partial charge in [-0.1, -0.05) is 13.8 Å². The van der Waals surface area contributed by atoms with E-state index < -0.39 is 16.6 Å². The van der Waals surface area contributed by atoms with Gasteiger partial charge in [0.1, 0.15) is 0 Å². The first-order valence-corrected chi connectivity index (χ1v) is 4.50. The summed E-state index contributed by atoms with van der Waals surface area (Å²) in [4.78, 5) is 20.8. The van der Waals surface area contributed by atoms with Crippen LogP contribution in [0.2, 0.25) is 0 Å². The fourth-order valence-corrected chi connectivity index (χ4v) is 0.785. The Morgan fingerprint density at radius 3 is 2.50 bits per heavy atom. The van der Waals surface area contributed by atoms with Crippen LogP contribution >= 0.6 is 0 Å². The predicted molar refractivity (Wildman–Crippen MR) is 51.2 cm³/mol. The lowest BCUT2D eigenvalue weighted by molar-refractivity contribution is -0.421. The fourth-order valence-electron chi connectivity index (χ4n) is 0.785. The minimum absolute atomic E-state index is 0.145. The van der Waals surface area contributed by atoms with Crippen LogP contribution in [0.1, 0.15) is 27.2 Å². The van der Waals surface area contributed by atoms with E-state index in [9.17, 15) is 14.9 Å². The first kappa shape index (κ1) is 12.6. The normalized spacial score (nSPS) is 11.6. The summed E-state index contributed by atoms with van der Waals surface area (Å²) in [5.74, 6) is -0.586. The molecule has 0 heterocycles. The Morgan fingerprint density at radius 1 is 1.57 bits per heavy atom. The van der Waals surface area contributed by atoms with Crippen molar-refractivity contribution >= 4 is 5.97 Å². The van der Waals surface area contributed by atoms with Crippen molar-refractivity contribution in [2.45, 2.75) is 27.2 Å². The summed E-state index contributed by atoms with van der Waals surface area (Å²) in [5, 5.41) is 10.5. The van der Waals surface area contributed by atoms with Crippen molar-refractivity contribution in [3.05, 3.63) is 21.9 Å². The molecule has 0 aliphatic carbocycles. The summed E-state index contributed by atoms with van der Waals surface area (Å²) < 4.78 is 4.55. The number of nitrogens with zero attached hydrogens (tertiary/aromatic N) is 1. The van der Waals surface area contributed by atoms with Crippen LogP contribution in [-0.2, 0) is 9.53 Å². The molecule has 0 aliphatic rings. The number of carbonyl (C=O) groups is 1. The first-order valence-electron chi connectivity index (χ1n) is 4.50. The summed E-state index contributed by atoms with van der Waals surface area (Å²) in [6.45, 7) is 5.59. The van der Waals surface area contributed by atoms with E-state index in [1.54, 1.807) is 6.92 Å².